The number of benzene rings is 1. The topological polar surface area (TPSA) is 12.0 Å². The summed E-state index contributed by atoms with van der Waals surface area (Å²) in [5.41, 5.74) is 0.905. The van der Waals surface area contributed by atoms with Gasteiger partial charge in [0.2, 0.25) is 5.92 Å². The van der Waals surface area contributed by atoms with Crippen LogP contribution in [0.25, 0.3) is 0 Å². The fourth-order valence-electron chi connectivity index (χ4n) is 2.00. The monoisotopic (exact) mass is 245 g/mol. The van der Waals surface area contributed by atoms with Crippen LogP contribution >= 0.6 is 11.6 Å². The molecule has 0 saturated heterocycles. The molecule has 0 aromatic heterocycles. The largest absolute Gasteiger partial charge is 0.382 e. The van der Waals surface area contributed by atoms with Crippen molar-refractivity contribution in [3.63, 3.8) is 0 Å². The number of hydrogen-bond acceptors (Lipinski definition) is 1. The lowest BCUT2D eigenvalue weighted by atomic mass is 9.92. The number of nitrogens with one attached hydrogen (secondary N) is 1. The summed E-state index contributed by atoms with van der Waals surface area (Å²) in [6.45, 7) is 0. The Balaban J connectivity index is 1.92. The summed E-state index contributed by atoms with van der Waals surface area (Å²) in [7, 11) is 0. The van der Waals surface area contributed by atoms with E-state index in [1.54, 1.807) is 6.07 Å². The van der Waals surface area contributed by atoms with Crippen LogP contribution in [-0.2, 0) is 0 Å². The molecular weight excluding hydrogens is 232 g/mol. The maximum atomic E-state index is 12.9. The highest BCUT2D eigenvalue weighted by atomic mass is 35.5. The highest BCUT2D eigenvalue weighted by molar-refractivity contribution is 6.30. The Hall–Kier alpha value is -0.830. The second-order valence-corrected chi connectivity index (χ2v) is 4.72. The van der Waals surface area contributed by atoms with Gasteiger partial charge in [0, 0.05) is 29.6 Å². The third kappa shape index (κ3) is 3.08. The molecule has 1 saturated carbocycles. The molecule has 1 fully saturated rings. The van der Waals surface area contributed by atoms with E-state index in [-0.39, 0.29) is 18.9 Å². The fraction of sp³-hybridized carbons (Fsp3) is 0.500. The van der Waals surface area contributed by atoms with Crippen LogP contribution in [0, 0.1) is 0 Å². The maximum Gasteiger partial charge on any atom is 0.248 e. The lowest BCUT2D eigenvalue weighted by Crippen LogP contribution is -2.31. The van der Waals surface area contributed by atoms with Crippen molar-refractivity contribution in [3.8, 4) is 0 Å². The molecular formula is C12H14ClF2N. The van der Waals surface area contributed by atoms with Crippen molar-refractivity contribution >= 4 is 17.3 Å². The predicted octanol–water partition coefficient (Wildman–Crippen LogP) is 4.33. The number of halogens is 3. The standard InChI is InChI=1S/C12H14ClF2N/c13-9-2-1-3-11(8-9)16-10-4-6-12(14,15)7-5-10/h1-3,8,10,16H,4-7H2. The molecule has 0 atom stereocenters. The second kappa shape index (κ2) is 4.58. The van der Waals surface area contributed by atoms with Gasteiger partial charge in [-0.25, -0.2) is 8.78 Å². The minimum Gasteiger partial charge on any atom is -0.382 e. The first-order chi connectivity index (χ1) is 7.55. The summed E-state index contributed by atoms with van der Waals surface area (Å²) < 4.78 is 25.9. The van der Waals surface area contributed by atoms with Gasteiger partial charge in [-0.3, -0.25) is 0 Å². The van der Waals surface area contributed by atoms with Crippen molar-refractivity contribution in [3.05, 3.63) is 29.3 Å². The van der Waals surface area contributed by atoms with Gasteiger partial charge in [0.25, 0.3) is 0 Å². The van der Waals surface area contributed by atoms with Crippen molar-refractivity contribution in [2.75, 3.05) is 5.32 Å². The van der Waals surface area contributed by atoms with Crippen LogP contribution in [0.3, 0.4) is 0 Å². The highest BCUT2D eigenvalue weighted by Gasteiger charge is 2.34. The van der Waals surface area contributed by atoms with E-state index in [1.165, 1.54) is 0 Å². The van der Waals surface area contributed by atoms with E-state index in [4.69, 9.17) is 11.6 Å². The minimum absolute atomic E-state index is 0.0226. The Kier molecular flexibility index (Phi) is 3.33. The third-order valence-corrected chi connectivity index (χ3v) is 3.15. The van der Waals surface area contributed by atoms with Gasteiger partial charge in [-0.2, -0.15) is 0 Å². The lowest BCUT2D eigenvalue weighted by molar-refractivity contribution is -0.0360. The molecule has 2 rings (SSSR count). The smallest absolute Gasteiger partial charge is 0.248 e. The SMILES string of the molecule is FC1(F)CCC(Nc2cccc(Cl)c2)CC1. The summed E-state index contributed by atoms with van der Waals surface area (Å²) >= 11 is 5.85. The van der Waals surface area contributed by atoms with Crippen LogP contribution in [0.2, 0.25) is 5.02 Å². The summed E-state index contributed by atoms with van der Waals surface area (Å²) in [5.74, 6) is -2.47. The zero-order valence-electron chi connectivity index (χ0n) is 8.85. The number of alkyl halides is 2. The summed E-state index contributed by atoms with van der Waals surface area (Å²) in [6.07, 6.45) is 0.982. The molecule has 1 aromatic carbocycles. The van der Waals surface area contributed by atoms with E-state index in [0.29, 0.717) is 17.9 Å². The second-order valence-electron chi connectivity index (χ2n) is 4.28. The fourth-order valence-corrected chi connectivity index (χ4v) is 2.19. The molecule has 0 radical (unpaired) electrons. The molecule has 1 nitrogen and oxygen atoms in total. The predicted molar refractivity (Wildman–Crippen MR) is 62.3 cm³/mol. The molecule has 0 aliphatic heterocycles. The molecule has 1 aliphatic rings. The van der Waals surface area contributed by atoms with Crippen LogP contribution in [0.5, 0.6) is 0 Å². The van der Waals surface area contributed by atoms with Gasteiger partial charge >= 0.3 is 0 Å². The van der Waals surface area contributed by atoms with E-state index in [2.05, 4.69) is 5.32 Å². The summed E-state index contributed by atoms with van der Waals surface area (Å²) in [6, 6.07) is 7.50. The molecule has 1 aliphatic carbocycles. The lowest BCUT2D eigenvalue weighted by Gasteiger charge is -2.29. The summed E-state index contributed by atoms with van der Waals surface area (Å²) in [5, 5.41) is 3.90. The molecule has 88 valence electrons. The Morgan fingerprint density at radius 1 is 1.25 bits per heavy atom. The molecule has 1 aromatic rings. The minimum atomic E-state index is -2.47. The van der Waals surface area contributed by atoms with E-state index in [0.717, 1.165) is 5.69 Å². The molecule has 1 N–H and O–H groups in total. The number of hydrogen-bond donors (Lipinski definition) is 1. The van der Waals surface area contributed by atoms with Crippen LogP contribution < -0.4 is 5.32 Å². The van der Waals surface area contributed by atoms with Crippen molar-refractivity contribution in [1.82, 2.24) is 0 Å². The zero-order chi connectivity index (χ0) is 11.6. The first-order valence-electron chi connectivity index (χ1n) is 5.45. The van der Waals surface area contributed by atoms with Crippen LogP contribution in [0.1, 0.15) is 25.7 Å². The summed E-state index contributed by atoms with van der Waals surface area (Å²) in [4.78, 5) is 0. The average molecular weight is 246 g/mol. The van der Waals surface area contributed by atoms with E-state index < -0.39 is 5.92 Å². The van der Waals surface area contributed by atoms with Gasteiger partial charge in [-0.1, -0.05) is 17.7 Å². The molecule has 0 unspecified atom stereocenters. The van der Waals surface area contributed by atoms with Gasteiger partial charge in [-0.05, 0) is 31.0 Å². The molecule has 16 heavy (non-hydrogen) atoms. The van der Waals surface area contributed by atoms with Gasteiger partial charge in [0.05, 0.1) is 0 Å². The van der Waals surface area contributed by atoms with Gasteiger partial charge in [0.15, 0.2) is 0 Å². The first kappa shape index (κ1) is 11.6. The van der Waals surface area contributed by atoms with E-state index >= 15 is 0 Å². The Bertz CT molecular complexity index is 358. The highest BCUT2D eigenvalue weighted by Crippen LogP contribution is 2.34. The molecule has 4 heteroatoms. The number of rotatable bonds is 2. The van der Waals surface area contributed by atoms with Crippen molar-refractivity contribution in [1.29, 1.82) is 0 Å². The molecule has 0 heterocycles. The number of anilines is 1. The van der Waals surface area contributed by atoms with Gasteiger partial charge in [0.1, 0.15) is 0 Å². The quantitative estimate of drug-likeness (QED) is 0.818. The van der Waals surface area contributed by atoms with Crippen LogP contribution in [0.15, 0.2) is 24.3 Å². The average Bonchev–Trinajstić information content (AvgIpc) is 2.21. The van der Waals surface area contributed by atoms with E-state index in [9.17, 15) is 8.78 Å². The van der Waals surface area contributed by atoms with Gasteiger partial charge < -0.3 is 5.32 Å². The van der Waals surface area contributed by atoms with Crippen LogP contribution in [0.4, 0.5) is 14.5 Å². The molecule has 0 spiro atoms. The first-order valence-corrected chi connectivity index (χ1v) is 5.83. The van der Waals surface area contributed by atoms with E-state index in [1.807, 2.05) is 18.2 Å². The van der Waals surface area contributed by atoms with Crippen molar-refractivity contribution in [2.45, 2.75) is 37.6 Å². The molecule has 0 amide bonds. The van der Waals surface area contributed by atoms with Crippen molar-refractivity contribution in [2.24, 2.45) is 0 Å². The Labute approximate surface area is 98.8 Å². The normalized spacial score (nSPS) is 20.7. The van der Waals surface area contributed by atoms with Crippen molar-refractivity contribution < 1.29 is 8.78 Å². The zero-order valence-corrected chi connectivity index (χ0v) is 9.61. The van der Waals surface area contributed by atoms with Crippen LogP contribution in [-0.4, -0.2) is 12.0 Å². The maximum absolute atomic E-state index is 12.9. The van der Waals surface area contributed by atoms with Gasteiger partial charge in [-0.15, -0.1) is 0 Å². The Morgan fingerprint density at radius 2 is 1.94 bits per heavy atom. The molecule has 0 bridgehead atoms. The third-order valence-electron chi connectivity index (χ3n) is 2.91. The Morgan fingerprint density at radius 3 is 2.56 bits per heavy atom.